The molecule has 162 valence electrons. The van der Waals surface area contributed by atoms with Crippen molar-refractivity contribution in [1.29, 1.82) is 0 Å². The molecule has 2 aromatic rings. The van der Waals surface area contributed by atoms with E-state index < -0.39 is 10.0 Å². The summed E-state index contributed by atoms with van der Waals surface area (Å²) in [5.74, 6) is -0.0876. The fourth-order valence-electron chi connectivity index (χ4n) is 3.46. The van der Waals surface area contributed by atoms with E-state index in [2.05, 4.69) is 4.72 Å². The number of piperidine rings is 1. The number of likely N-dealkylation sites (tertiary alicyclic amines) is 1. The van der Waals surface area contributed by atoms with Gasteiger partial charge in [-0.25, -0.2) is 13.1 Å². The van der Waals surface area contributed by atoms with E-state index >= 15 is 0 Å². The SMILES string of the molecule is CSc1ccc(S(=O)(=O)NCc2ccc(N(C)C)cc2)cc1C(=O)N1CCCCC1. The number of carbonyl (C=O) groups excluding carboxylic acids is 1. The average Bonchev–Trinajstić information content (AvgIpc) is 2.77. The lowest BCUT2D eigenvalue weighted by Crippen LogP contribution is -2.36. The molecule has 0 unspecified atom stereocenters. The van der Waals surface area contributed by atoms with Crippen molar-refractivity contribution in [2.24, 2.45) is 0 Å². The van der Waals surface area contributed by atoms with Crippen molar-refractivity contribution in [3.63, 3.8) is 0 Å². The standard InChI is InChI=1S/C22H29N3O3S2/c1-24(2)18-9-7-17(8-10-18)16-23-30(27,28)19-11-12-21(29-3)20(15-19)22(26)25-13-5-4-6-14-25/h7-12,15,23H,4-6,13-14,16H2,1-3H3. The summed E-state index contributed by atoms with van der Waals surface area (Å²) in [5, 5.41) is 0. The van der Waals surface area contributed by atoms with Crippen LogP contribution in [0.5, 0.6) is 0 Å². The van der Waals surface area contributed by atoms with E-state index in [1.807, 2.05) is 54.4 Å². The highest BCUT2D eigenvalue weighted by atomic mass is 32.2. The zero-order chi connectivity index (χ0) is 21.7. The third-order valence-corrected chi connectivity index (χ3v) is 7.47. The quantitative estimate of drug-likeness (QED) is 0.657. The number of sulfonamides is 1. The summed E-state index contributed by atoms with van der Waals surface area (Å²) < 4.78 is 28.4. The maximum Gasteiger partial charge on any atom is 0.255 e. The van der Waals surface area contributed by atoms with Crippen LogP contribution in [0.2, 0.25) is 0 Å². The zero-order valence-electron chi connectivity index (χ0n) is 17.7. The lowest BCUT2D eigenvalue weighted by atomic mass is 10.1. The normalized spacial score (nSPS) is 14.6. The van der Waals surface area contributed by atoms with Gasteiger partial charge in [0, 0.05) is 44.3 Å². The van der Waals surface area contributed by atoms with E-state index in [1.165, 1.54) is 17.8 Å². The second kappa shape index (κ2) is 9.85. The Bertz CT molecular complexity index is 983. The van der Waals surface area contributed by atoms with Crippen LogP contribution in [-0.2, 0) is 16.6 Å². The van der Waals surface area contributed by atoms with Crippen molar-refractivity contribution in [3.05, 3.63) is 53.6 Å². The van der Waals surface area contributed by atoms with E-state index in [9.17, 15) is 13.2 Å². The van der Waals surface area contributed by atoms with Gasteiger partial charge in [0.2, 0.25) is 10.0 Å². The molecule has 30 heavy (non-hydrogen) atoms. The molecule has 8 heteroatoms. The van der Waals surface area contributed by atoms with E-state index in [4.69, 9.17) is 0 Å². The molecule has 1 N–H and O–H groups in total. The number of benzene rings is 2. The highest BCUT2D eigenvalue weighted by molar-refractivity contribution is 7.98. The molecule has 0 atom stereocenters. The number of amides is 1. The molecule has 0 aliphatic carbocycles. The Kier molecular flexibility index (Phi) is 7.44. The first-order valence-corrected chi connectivity index (χ1v) is 12.8. The average molecular weight is 448 g/mol. The Morgan fingerprint density at radius 1 is 1.07 bits per heavy atom. The minimum Gasteiger partial charge on any atom is -0.378 e. The third kappa shape index (κ3) is 5.36. The third-order valence-electron chi connectivity index (χ3n) is 5.27. The van der Waals surface area contributed by atoms with E-state index in [-0.39, 0.29) is 17.3 Å². The summed E-state index contributed by atoms with van der Waals surface area (Å²) in [6, 6.07) is 12.5. The van der Waals surface area contributed by atoms with Gasteiger partial charge in [0.1, 0.15) is 0 Å². The number of nitrogens with one attached hydrogen (secondary N) is 1. The Morgan fingerprint density at radius 2 is 1.73 bits per heavy atom. The number of thioether (sulfide) groups is 1. The molecule has 0 bridgehead atoms. The van der Waals surface area contributed by atoms with E-state index in [1.54, 1.807) is 12.1 Å². The van der Waals surface area contributed by atoms with E-state index in [0.717, 1.165) is 48.5 Å². The summed E-state index contributed by atoms with van der Waals surface area (Å²) >= 11 is 1.45. The molecule has 0 spiro atoms. The van der Waals surface area contributed by atoms with Crippen molar-refractivity contribution >= 4 is 33.4 Å². The topological polar surface area (TPSA) is 69.7 Å². The largest absolute Gasteiger partial charge is 0.378 e. The first-order chi connectivity index (χ1) is 14.3. The van der Waals surface area contributed by atoms with Crippen molar-refractivity contribution in [2.45, 2.75) is 35.6 Å². The number of hydrogen-bond acceptors (Lipinski definition) is 5. The van der Waals surface area contributed by atoms with Crippen molar-refractivity contribution in [2.75, 3.05) is 38.3 Å². The summed E-state index contributed by atoms with van der Waals surface area (Å²) in [4.78, 5) is 17.7. The van der Waals surface area contributed by atoms with Crippen LogP contribution in [0.3, 0.4) is 0 Å². The van der Waals surface area contributed by atoms with Gasteiger partial charge in [-0.1, -0.05) is 12.1 Å². The van der Waals surface area contributed by atoms with Crippen molar-refractivity contribution < 1.29 is 13.2 Å². The van der Waals surface area contributed by atoms with Gasteiger partial charge in [-0.05, 0) is 61.4 Å². The maximum absolute atomic E-state index is 13.0. The highest BCUT2D eigenvalue weighted by Gasteiger charge is 2.23. The molecule has 0 saturated carbocycles. The molecule has 1 heterocycles. The van der Waals surface area contributed by atoms with Gasteiger partial charge in [0.05, 0.1) is 10.5 Å². The van der Waals surface area contributed by atoms with Crippen LogP contribution >= 0.6 is 11.8 Å². The van der Waals surface area contributed by atoms with Gasteiger partial charge in [-0.15, -0.1) is 11.8 Å². The minimum absolute atomic E-state index is 0.0876. The lowest BCUT2D eigenvalue weighted by Gasteiger charge is -2.27. The lowest BCUT2D eigenvalue weighted by molar-refractivity contribution is 0.0720. The highest BCUT2D eigenvalue weighted by Crippen LogP contribution is 2.26. The van der Waals surface area contributed by atoms with Crippen LogP contribution < -0.4 is 9.62 Å². The minimum atomic E-state index is -3.74. The number of anilines is 1. The molecular formula is C22H29N3O3S2. The van der Waals surface area contributed by atoms with Crippen LogP contribution in [0, 0.1) is 0 Å². The van der Waals surface area contributed by atoms with Crippen LogP contribution in [-0.4, -0.2) is 52.7 Å². The molecule has 1 aliphatic heterocycles. The number of nitrogens with zero attached hydrogens (tertiary/aromatic N) is 2. The van der Waals surface area contributed by atoms with Crippen molar-refractivity contribution in [3.8, 4) is 0 Å². The molecule has 1 aliphatic rings. The fourth-order valence-corrected chi connectivity index (χ4v) is 5.08. The molecule has 1 amide bonds. The summed E-state index contributed by atoms with van der Waals surface area (Å²) in [6.45, 7) is 1.64. The van der Waals surface area contributed by atoms with Gasteiger partial charge in [-0.2, -0.15) is 0 Å². The number of hydrogen-bond donors (Lipinski definition) is 1. The van der Waals surface area contributed by atoms with Gasteiger partial charge in [-0.3, -0.25) is 4.79 Å². The Labute approximate surface area is 183 Å². The second-order valence-corrected chi connectivity index (χ2v) is 10.2. The number of rotatable bonds is 7. The second-order valence-electron chi connectivity index (χ2n) is 7.60. The Hall–Kier alpha value is -2.03. The predicted octanol–water partition coefficient (Wildman–Crippen LogP) is 3.58. The number of carbonyl (C=O) groups is 1. The van der Waals surface area contributed by atoms with Gasteiger partial charge in [0.25, 0.3) is 5.91 Å². The summed E-state index contributed by atoms with van der Waals surface area (Å²) in [5.41, 5.74) is 2.38. The first kappa shape index (κ1) is 22.7. The molecule has 1 saturated heterocycles. The van der Waals surface area contributed by atoms with E-state index in [0.29, 0.717) is 5.56 Å². The molecule has 2 aromatic carbocycles. The van der Waals surface area contributed by atoms with Crippen molar-refractivity contribution in [1.82, 2.24) is 9.62 Å². The molecule has 3 rings (SSSR count). The fraction of sp³-hybridized carbons (Fsp3) is 0.409. The van der Waals surface area contributed by atoms with Gasteiger partial charge in [0.15, 0.2) is 0 Å². The van der Waals surface area contributed by atoms with Crippen LogP contribution in [0.4, 0.5) is 5.69 Å². The van der Waals surface area contributed by atoms with Gasteiger partial charge < -0.3 is 9.80 Å². The smallest absolute Gasteiger partial charge is 0.255 e. The molecular weight excluding hydrogens is 418 g/mol. The van der Waals surface area contributed by atoms with Crippen LogP contribution in [0.1, 0.15) is 35.2 Å². The molecule has 1 fully saturated rings. The van der Waals surface area contributed by atoms with Crippen LogP contribution in [0.25, 0.3) is 0 Å². The first-order valence-electron chi connectivity index (χ1n) is 10.0. The predicted molar refractivity (Wildman–Crippen MR) is 123 cm³/mol. The maximum atomic E-state index is 13.0. The zero-order valence-corrected chi connectivity index (χ0v) is 19.4. The summed E-state index contributed by atoms with van der Waals surface area (Å²) in [6.07, 6.45) is 5.01. The molecule has 0 aromatic heterocycles. The Morgan fingerprint density at radius 3 is 2.33 bits per heavy atom. The molecule has 6 nitrogen and oxygen atoms in total. The van der Waals surface area contributed by atoms with Gasteiger partial charge >= 0.3 is 0 Å². The monoisotopic (exact) mass is 447 g/mol. The molecule has 0 radical (unpaired) electrons. The summed E-state index contributed by atoms with van der Waals surface area (Å²) in [7, 11) is 0.177. The Balaban J connectivity index is 1.78. The van der Waals surface area contributed by atoms with Crippen LogP contribution in [0.15, 0.2) is 52.3 Å².